The lowest BCUT2D eigenvalue weighted by molar-refractivity contribution is 0.669. The minimum absolute atomic E-state index is 0.924. The maximum Gasteiger partial charge on any atom is 0.135 e. The Morgan fingerprint density at radius 3 is 1.96 bits per heavy atom. The van der Waals surface area contributed by atoms with Gasteiger partial charge in [-0.25, -0.2) is 0 Å². The van der Waals surface area contributed by atoms with E-state index < -0.39 is 0 Å². The Bertz CT molecular complexity index is 1260. The Balaban J connectivity index is 1.49. The van der Waals surface area contributed by atoms with Gasteiger partial charge in [-0.3, -0.25) is 0 Å². The third kappa shape index (κ3) is 2.84. The van der Waals surface area contributed by atoms with E-state index in [9.17, 15) is 0 Å². The van der Waals surface area contributed by atoms with Gasteiger partial charge in [0.15, 0.2) is 0 Å². The second-order valence-corrected chi connectivity index (χ2v) is 7.25. The van der Waals surface area contributed by atoms with Gasteiger partial charge >= 0.3 is 0 Å². The quantitative estimate of drug-likeness (QED) is 0.334. The first kappa shape index (κ1) is 16.6. The first-order valence-electron chi connectivity index (χ1n) is 9.51. The van der Waals surface area contributed by atoms with E-state index in [-0.39, 0.29) is 0 Å². The lowest BCUT2D eigenvalue weighted by atomic mass is 10.0. The molecule has 5 rings (SSSR count). The summed E-state index contributed by atoms with van der Waals surface area (Å²) in [6, 6.07) is 31.9. The van der Waals surface area contributed by atoms with Crippen molar-refractivity contribution in [1.82, 2.24) is 0 Å². The van der Waals surface area contributed by atoms with Crippen LogP contribution in [0.1, 0.15) is 5.56 Å². The first-order valence-corrected chi connectivity index (χ1v) is 9.51. The van der Waals surface area contributed by atoms with E-state index in [4.69, 9.17) is 4.42 Å². The molecule has 0 bridgehead atoms. The summed E-state index contributed by atoms with van der Waals surface area (Å²) in [5, 5.41) is 2.30. The largest absolute Gasteiger partial charge is 0.456 e. The van der Waals surface area contributed by atoms with Gasteiger partial charge in [0.05, 0.1) is 0 Å². The van der Waals surface area contributed by atoms with Crippen LogP contribution in [0, 0.1) is 6.92 Å². The van der Waals surface area contributed by atoms with Crippen molar-refractivity contribution < 1.29 is 4.42 Å². The number of aryl methyl sites for hydroxylation is 1. The second kappa shape index (κ2) is 6.58. The van der Waals surface area contributed by atoms with Crippen molar-refractivity contribution in [1.29, 1.82) is 0 Å². The molecule has 1 heterocycles. The maximum absolute atomic E-state index is 5.95. The molecule has 2 nitrogen and oxygen atoms in total. The zero-order chi connectivity index (χ0) is 19.1. The molecule has 0 aliphatic carbocycles. The molecule has 0 amide bonds. The Morgan fingerprint density at radius 2 is 1.21 bits per heavy atom. The van der Waals surface area contributed by atoms with Gasteiger partial charge in [-0.2, -0.15) is 0 Å². The molecule has 0 fully saturated rings. The molecule has 0 saturated heterocycles. The number of furan rings is 1. The predicted molar refractivity (Wildman–Crippen MR) is 118 cm³/mol. The van der Waals surface area contributed by atoms with Crippen molar-refractivity contribution in [3.8, 4) is 11.1 Å². The Hall–Kier alpha value is -3.52. The molecule has 0 radical (unpaired) electrons. The normalized spacial score (nSPS) is 11.2. The molecule has 136 valence electrons. The van der Waals surface area contributed by atoms with Crippen molar-refractivity contribution in [2.24, 2.45) is 0 Å². The van der Waals surface area contributed by atoms with Crippen molar-refractivity contribution >= 4 is 33.3 Å². The van der Waals surface area contributed by atoms with Crippen LogP contribution in [0.5, 0.6) is 0 Å². The van der Waals surface area contributed by atoms with E-state index in [2.05, 4.69) is 97.7 Å². The van der Waals surface area contributed by atoms with Crippen LogP contribution in [0.4, 0.5) is 11.4 Å². The number of benzene rings is 4. The molecular weight excluding hydrogens is 342 g/mol. The van der Waals surface area contributed by atoms with Gasteiger partial charge in [0.1, 0.15) is 11.2 Å². The van der Waals surface area contributed by atoms with Crippen LogP contribution < -0.4 is 4.90 Å². The lowest BCUT2D eigenvalue weighted by Gasteiger charge is -2.20. The van der Waals surface area contributed by atoms with E-state index >= 15 is 0 Å². The summed E-state index contributed by atoms with van der Waals surface area (Å²) >= 11 is 0. The molecule has 0 aliphatic heterocycles. The van der Waals surface area contributed by atoms with E-state index in [1.165, 1.54) is 16.7 Å². The van der Waals surface area contributed by atoms with E-state index in [1.54, 1.807) is 0 Å². The summed E-state index contributed by atoms with van der Waals surface area (Å²) in [6.45, 7) is 2.11. The van der Waals surface area contributed by atoms with Crippen LogP contribution in [0.3, 0.4) is 0 Å². The third-order valence-corrected chi connectivity index (χ3v) is 5.39. The Labute approximate surface area is 164 Å². The molecule has 5 aromatic rings. The van der Waals surface area contributed by atoms with Crippen LogP contribution in [-0.2, 0) is 0 Å². The molecule has 0 saturated carbocycles. The average Bonchev–Trinajstić information content (AvgIpc) is 3.12. The zero-order valence-corrected chi connectivity index (χ0v) is 16.0. The molecule has 0 atom stereocenters. The molecule has 0 aliphatic rings. The molecule has 0 N–H and O–H groups in total. The molecule has 2 heteroatoms. The van der Waals surface area contributed by atoms with Crippen LogP contribution >= 0.6 is 0 Å². The summed E-state index contributed by atoms with van der Waals surface area (Å²) in [5.74, 6) is 0. The number of rotatable bonds is 3. The van der Waals surface area contributed by atoms with Gasteiger partial charge in [-0.15, -0.1) is 0 Å². The fourth-order valence-corrected chi connectivity index (χ4v) is 3.70. The van der Waals surface area contributed by atoms with E-state index in [1.807, 2.05) is 12.1 Å². The highest BCUT2D eigenvalue weighted by Crippen LogP contribution is 2.34. The van der Waals surface area contributed by atoms with E-state index in [0.29, 0.717) is 0 Å². The monoisotopic (exact) mass is 363 g/mol. The summed E-state index contributed by atoms with van der Waals surface area (Å²) in [5.41, 5.74) is 7.90. The summed E-state index contributed by atoms with van der Waals surface area (Å²) in [6.07, 6.45) is 0. The molecule has 28 heavy (non-hydrogen) atoms. The highest BCUT2D eigenvalue weighted by molar-refractivity contribution is 6.06. The lowest BCUT2D eigenvalue weighted by Crippen LogP contribution is -2.08. The van der Waals surface area contributed by atoms with Gasteiger partial charge in [0.2, 0.25) is 0 Å². The molecule has 0 spiro atoms. The number of hydrogen-bond acceptors (Lipinski definition) is 2. The second-order valence-electron chi connectivity index (χ2n) is 7.25. The highest BCUT2D eigenvalue weighted by Gasteiger charge is 2.10. The number of fused-ring (bicyclic) bond motifs is 3. The van der Waals surface area contributed by atoms with Crippen LogP contribution in [0.15, 0.2) is 95.4 Å². The van der Waals surface area contributed by atoms with E-state index in [0.717, 1.165) is 33.3 Å². The topological polar surface area (TPSA) is 16.4 Å². The minimum Gasteiger partial charge on any atom is -0.456 e. The van der Waals surface area contributed by atoms with Crippen molar-refractivity contribution in [2.75, 3.05) is 11.9 Å². The predicted octanol–water partition coefficient (Wildman–Crippen LogP) is 7.33. The molecule has 0 unspecified atom stereocenters. The Morgan fingerprint density at radius 1 is 0.607 bits per heavy atom. The summed E-state index contributed by atoms with van der Waals surface area (Å²) < 4.78 is 5.95. The zero-order valence-electron chi connectivity index (χ0n) is 16.0. The van der Waals surface area contributed by atoms with Crippen molar-refractivity contribution in [3.05, 3.63) is 96.6 Å². The smallest absolute Gasteiger partial charge is 0.135 e. The Kier molecular flexibility index (Phi) is 3.91. The fourth-order valence-electron chi connectivity index (χ4n) is 3.70. The fraction of sp³-hybridized carbons (Fsp3) is 0.0769. The maximum atomic E-state index is 5.95. The average molecular weight is 363 g/mol. The molecule has 4 aromatic carbocycles. The third-order valence-electron chi connectivity index (χ3n) is 5.39. The number of hydrogen-bond donors (Lipinski definition) is 0. The highest BCUT2D eigenvalue weighted by atomic mass is 16.3. The molecular formula is C26H21NO. The number of para-hydroxylation sites is 1. The molecule has 1 aromatic heterocycles. The summed E-state index contributed by atoms with van der Waals surface area (Å²) in [4.78, 5) is 2.21. The van der Waals surface area contributed by atoms with Crippen molar-refractivity contribution in [3.63, 3.8) is 0 Å². The van der Waals surface area contributed by atoms with Gasteiger partial charge < -0.3 is 9.32 Å². The van der Waals surface area contributed by atoms with Gasteiger partial charge in [-0.1, -0.05) is 60.2 Å². The van der Waals surface area contributed by atoms with Crippen LogP contribution in [0.25, 0.3) is 33.1 Å². The van der Waals surface area contributed by atoms with Gasteiger partial charge in [0.25, 0.3) is 0 Å². The SMILES string of the molecule is Cc1ccc(-c2ccc(N(C)c3ccc4oc5ccccc5c4c3)cc2)cc1. The summed E-state index contributed by atoms with van der Waals surface area (Å²) in [7, 11) is 2.10. The van der Waals surface area contributed by atoms with Crippen molar-refractivity contribution in [2.45, 2.75) is 6.92 Å². The van der Waals surface area contributed by atoms with Gasteiger partial charge in [0, 0.05) is 29.2 Å². The number of anilines is 2. The standard InChI is InChI=1S/C26H21NO/c1-18-7-9-19(10-8-18)20-11-13-21(14-12-20)27(2)22-15-16-26-24(17-22)23-5-3-4-6-25(23)28-26/h3-17H,1-2H3. The minimum atomic E-state index is 0.924. The van der Waals surface area contributed by atoms with Gasteiger partial charge in [-0.05, 0) is 54.4 Å². The van der Waals surface area contributed by atoms with Crippen LogP contribution in [0.2, 0.25) is 0 Å². The first-order chi connectivity index (χ1) is 13.7. The van der Waals surface area contributed by atoms with Crippen LogP contribution in [-0.4, -0.2) is 7.05 Å². The number of nitrogens with zero attached hydrogens (tertiary/aromatic N) is 1.